The van der Waals surface area contributed by atoms with Crippen molar-refractivity contribution in [2.45, 2.75) is 31.2 Å². The normalized spacial score (nSPS) is 13.7. The van der Waals surface area contributed by atoms with Gasteiger partial charge in [0.25, 0.3) is 5.91 Å². The van der Waals surface area contributed by atoms with Gasteiger partial charge in [0, 0.05) is 11.8 Å². The Morgan fingerprint density at radius 2 is 1.67 bits per heavy atom. The molecule has 0 saturated carbocycles. The van der Waals surface area contributed by atoms with Crippen molar-refractivity contribution in [3.63, 3.8) is 0 Å². The van der Waals surface area contributed by atoms with Crippen LogP contribution in [0.3, 0.4) is 0 Å². The van der Waals surface area contributed by atoms with Gasteiger partial charge in [0.1, 0.15) is 5.82 Å². The second kappa shape index (κ2) is 7.11. The van der Waals surface area contributed by atoms with Crippen molar-refractivity contribution in [2.75, 3.05) is 6.26 Å². The molecule has 1 unspecified atom stereocenters. The maximum atomic E-state index is 13.2. The second-order valence-corrected chi connectivity index (χ2v) is 8.59. The van der Waals surface area contributed by atoms with Crippen LogP contribution in [0.4, 0.5) is 4.39 Å². The molecule has 0 heterocycles. The predicted octanol–water partition coefficient (Wildman–Crippen LogP) is 2.58. The Balaban J connectivity index is 2.52. The van der Waals surface area contributed by atoms with Crippen molar-refractivity contribution in [3.05, 3.63) is 64.5 Å². The SMILES string of the molecule is Cc1cc(S(C)(=O)=O)cc(C(=O)NC(C)(C(=O)O)c2ccc(F)cc2)c1C. The van der Waals surface area contributed by atoms with Crippen LogP contribution in [0, 0.1) is 19.7 Å². The first-order valence-electron chi connectivity index (χ1n) is 7.99. The number of hydrogen-bond acceptors (Lipinski definition) is 4. The third kappa shape index (κ3) is 4.16. The summed E-state index contributed by atoms with van der Waals surface area (Å²) in [5.74, 6) is -2.61. The number of amides is 1. The van der Waals surface area contributed by atoms with Crippen molar-refractivity contribution in [1.82, 2.24) is 5.32 Å². The lowest BCUT2D eigenvalue weighted by Crippen LogP contribution is -2.49. The van der Waals surface area contributed by atoms with Gasteiger partial charge in [0.2, 0.25) is 0 Å². The quantitative estimate of drug-likeness (QED) is 0.813. The number of aliphatic carboxylic acids is 1. The summed E-state index contributed by atoms with van der Waals surface area (Å²) in [4.78, 5) is 24.6. The number of carbonyl (C=O) groups is 2. The average Bonchev–Trinajstić information content (AvgIpc) is 2.56. The van der Waals surface area contributed by atoms with Crippen LogP contribution in [0.2, 0.25) is 0 Å². The highest BCUT2D eigenvalue weighted by Gasteiger charge is 2.37. The highest BCUT2D eigenvalue weighted by molar-refractivity contribution is 7.90. The van der Waals surface area contributed by atoms with Gasteiger partial charge in [0.15, 0.2) is 15.4 Å². The van der Waals surface area contributed by atoms with Gasteiger partial charge in [-0.15, -0.1) is 0 Å². The standard InChI is InChI=1S/C19H20FNO5S/c1-11-9-15(27(4,25)26)10-16(12(11)2)17(22)21-19(3,18(23)24)13-5-7-14(20)8-6-13/h5-10H,1-4H3,(H,21,22)(H,23,24). The van der Waals surface area contributed by atoms with Crippen LogP contribution in [0.25, 0.3) is 0 Å². The largest absolute Gasteiger partial charge is 0.479 e. The third-order valence-electron chi connectivity index (χ3n) is 4.53. The van der Waals surface area contributed by atoms with E-state index < -0.39 is 33.1 Å². The lowest BCUT2D eigenvalue weighted by Gasteiger charge is -2.27. The molecule has 27 heavy (non-hydrogen) atoms. The lowest BCUT2D eigenvalue weighted by atomic mass is 9.91. The summed E-state index contributed by atoms with van der Waals surface area (Å²) < 4.78 is 36.9. The summed E-state index contributed by atoms with van der Waals surface area (Å²) in [6.07, 6.45) is 1.03. The fourth-order valence-corrected chi connectivity index (χ4v) is 3.33. The van der Waals surface area contributed by atoms with E-state index in [1.54, 1.807) is 13.8 Å². The first kappa shape index (κ1) is 20.6. The topological polar surface area (TPSA) is 101 Å². The number of benzene rings is 2. The van der Waals surface area contributed by atoms with Crippen LogP contribution in [-0.2, 0) is 20.2 Å². The summed E-state index contributed by atoms with van der Waals surface area (Å²) in [6.45, 7) is 4.59. The maximum Gasteiger partial charge on any atom is 0.333 e. The predicted molar refractivity (Wildman–Crippen MR) is 97.9 cm³/mol. The monoisotopic (exact) mass is 393 g/mol. The van der Waals surface area contributed by atoms with Gasteiger partial charge < -0.3 is 10.4 Å². The fraction of sp³-hybridized carbons (Fsp3) is 0.263. The van der Waals surface area contributed by atoms with E-state index in [0.29, 0.717) is 11.1 Å². The van der Waals surface area contributed by atoms with E-state index in [2.05, 4.69) is 5.32 Å². The summed E-state index contributed by atoms with van der Waals surface area (Å²) in [5, 5.41) is 12.1. The molecule has 0 saturated heterocycles. The van der Waals surface area contributed by atoms with Crippen LogP contribution in [0.15, 0.2) is 41.3 Å². The van der Waals surface area contributed by atoms with Crippen LogP contribution in [0.1, 0.15) is 34.0 Å². The van der Waals surface area contributed by atoms with Crippen LogP contribution < -0.4 is 5.32 Å². The number of carbonyl (C=O) groups excluding carboxylic acids is 1. The number of carboxylic acids is 1. The zero-order valence-corrected chi connectivity index (χ0v) is 16.1. The molecule has 0 aliphatic rings. The van der Waals surface area contributed by atoms with Crippen molar-refractivity contribution < 1.29 is 27.5 Å². The van der Waals surface area contributed by atoms with E-state index in [4.69, 9.17) is 0 Å². The molecule has 0 radical (unpaired) electrons. The van der Waals surface area contributed by atoms with E-state index in [9.17, 15) is 27.5 Å². The van der Waals surface area contributed by atoms with Gasteiger partial charge >= 0.3 is 5.97 Å². The van der Waals surface area contributed by atoms with Crippen LogP contribution >= 0.6 is 0 Å². The van der Waals surface area contributed by atoms with Crippen LogP contribution in [-0.4, -0.2) is 31.7 Å². The average molecular weight is 393 g/mol. The Morgan fingerprint density at radius 1 is 1.11 bits per heavy atom. The van der Waals surface area contributed by atoms with E-state index in [0.717, 1.165) is 18.4 Å². The Bertz CT molecular complexity index is 1020. The summed E-state index contributed by atoms with van der Waals surface area (Å²) in [5.41, 5.74) is -0.469. The molecule has 0 bridgehead atoms. The minimum atomic E-state index is -3.55. The number of halogens is 1. The van der Waals surface area contributed by atoms with Crippen molar-refractivity contribution in [1.29, 1.82) is 0 Å². The van der Waals surface area contributed by atoms with Crippen molar-refractivity contribution in [2.24, 2.45) is 0 Å². The number of sulfone groups is 1. The van der Waals surface area contributed by atoms with Crippen molar-refractivity contribution >= 4 is 21.7 Å². The second-order valence-electron chi connectivity index (χ2n) is 6.58. The van der Waals surface area contributed by atoms with Gasteiger partial charge in [0.05, 0.1) is 4.90 Å². The van der Waals surface area contributed by atoms with E-state index in [1.807, 2.05) is 0 Å². The van der Waals surface area contributed by atoms with Gasteiger partial charge in [-0.25, -0.2) is 17.6 Å². The molecule has 2 rings (SSSR count). The summed E-state index contributed by atoms with van der Waals surface area (Å²) >= 11 is 0. The van der Waals surface area contributed by atoms with Gasteiger partial charge in [-0.1, -0.05) is 12.1 Å². The van der Waals surface area contributed by atoms with Crippen LogP contribution in [0.5, 0.6) is 0 Å². The molecule has 2 N–H and O–H groups in total. The number of rotatable bonds is 5. The van der Waals surface area contributed by atoms with Gasteiger partial charge in [-0.3, -0.25) is 4.79 Å². The molecule has 0 fully saturated rings. The molecule has 8 heteroatoms. The van der Waals surface area contributed by atoms with E-state index in [1.165, 1.54) is 31.2 Å². The first-order valence-corrected chi connectivity index (χ1v) is 9.88. The molecule has 1 amide bonds. The highest BCUT2D eigenvalue weighted by Crippen LogP contribution is 2.25. The van der Waals surface area contributed by atoms with Crippen molar-refractivity contribution in [3.8, 4) is 0 Å². The molecule has 2 aromatic rings. The van der Waals surface area contributed by atoms with Gasteiger partial charge in [-0.2, -0.15) is 0 Å². The number of nitrogens with one attached hydrogen (secondary N) is 1. The first-order chi connectivity index (χ1) is 12.4. The number of carboxylic acid groups (broad SMARTS) is 1. The lowest BCUT2D eigenvalue weighted by molar-refractivity contribution is -0.144. The minimum Gasteiger partial charge on any atom is -0.479 e. The molecule has 2 aromatic carbocycles. The molecule has 0 spiro atoms. The summed E-state index contributed by atoms with van der Waals surface area (Å²) in [7, 11) is -3.55. The Kier molecular flexibility index (Phi) is 5.42. The number of hydrogen-bond donors (Lipinski definition) is 2. The fourth-order valence-electron chi connectivity index (χ4n) is 2.60. The molecular weight excluding hydrogens is 373 g/mol. The highest BCUT2D eigenvalue weighted by atomic mass is 32.2. The molecule has 0 aliphatic heterocycles. The Labute approximate surface area is 157 Å². The molecule has 0 aromatic heterocycles. The smallest absolute Gasteiger partial charge is 0.333 e. The minimum absolute atomic E-state index is 0.0328. The molecule has 1 atom stereocenters. The van der Waals surface area contributed by atoms with E-state index in [-0.39, 0.29) is 16.0 Å². The molecule has 144 valence electrons. The zero-order chi connectivity index (χ0) is 20.6. The van der Waals surface area contributed by atoms with Gasteiger partial charge in [-0.05, 0) is 61.7 Å². The molecule has 0 aliphatic carbocycles. The number of aryl methyl sites for hydroxylation is 1. The Hall–Kier alpha value is -2.74. The maximum absolute atomic E-state index is 13.2. The molecular formula is C19H20FNO5S. The zero-order valence-electron chi connectivity index (χ0n) is 15.3. The van der Waals surface area contributed by atoms with E-state index >= 15 is 0 Å². The Morgan fingerprint density at radius 3 is 2.15 bits per heavy atom. The summed E-state index contributed by atoms with van der Waals surface area (Å²) in [6, 6.07) is 7.42. The molecule has 6 nitrogen and oxygen atoms in total. The third-order valence-corrected chi connectivity index (χ3v) is 5.62.